The molecule has 3 heterocycles. The highest BCUT2D eigenvalue weighted by molar-refractivity contribution is 7.13. The maximum absolute atomic E-state index is 12.5. The summed E-state index contributed by atoms with van der Waals surface area (Å²) in [5, 5.41) is 11.9. The Morgan fingerprint density at radius 1 is 1.48 bits per heavy atom. The van der Waals surface area contributed by atoms with Crippen molar-refractivity contribution in [2.75, 3.05) is 6.54 Å². The number of carboxylic acids is 1. The number of likely N-dealkylation sites (tertiary alicyclic amines) is 1. The summed E-state index contributed by atoms with van der Waals surface area (Å²) in [4.78, 5) is 29.8. The van der Waals surface area contributed by atoms with Crippen LogP contribution in [0.5, 0.6) is 0 Å². The van der Waals surface area contributed by atoms with Gasteiger partial charge in [-0.25, -0.2) is 9.78 Å². The number of thiazole rings is 1. The summed E-state index contributed by atoms with van der Waals surface area (Å²) in [6.45, 7) is 3.95. The van der Waals surface area contributed by atoms with Crippen LogP contribution in [0.15, 0.2) is 21.9 Å². The second kappa shape index (κ2) is 5.81. The normalized spacial score (nSPS) is 20.9. The van der Waals surface area contributed by atoms with Gasteiger partial charge in [0.2, 0.25) is 5.91 Å². The molecular weight excluding hydrogens is 316 g/mol. The first-order chi connectivity index (χ1) is 10.9. The molecule has 0 bridgehead atoms. The lowest BCUT2D eigenvalue weighted by Gasteiger charge is -2.31. The molecule has 1 unspecified atom stereocenters. The summed E-state index contributed by atoms with van der Waals surface area (Å²) < 4.78 is 5.53. The number of hydrogen-bond acceptors (Lipinski definition) is 5. The molecule has 0 aliphatic carbocycles. The van der Waals surface area contributed by atoms with Crippen LogP contribution >= 0.6 is 11.3 Å². The molecule has 2 aromatic rings. The zero-order valence-corrected chi connectivity index (χ0v) is 13.9. The van der Waals surface area contributed by atoms with Gasteiger partial charge in [-0.15, -0.1) is 11.3 Å². The number of hydrogen-bond donors (Lipinski definition) is 1. The van der Waals surface area contributed by atoms with Crippen molar-refractivity contribution in [3.8, 4) is 10.8 Å². The van der Waals surface area contributed by atoms with Crippen LogP contribution in [0.1, 0.15) is 31.2 Å². The lowest BCUT2D eigenvalue weighted by molar-refractivity contribution is -0.155. The van der Waals surface area contributed by atoms with Gasteiger partial charge in [-0.3, -0.25) is 4.79 Å². The Morgan fingerprint density at radius 3 is 2.91 bits per heavy atom. The quantitative estimate of drug-likeness (QED) is 0.929. The van der Waals surface area contributed by atoms with Gasteiger partial charge in [0.25, 0.3) is 0 Å². The number of carbonyl (C=O) groups excluding carboxylic acids is 1. The summed E-state index contributed by atoms with van der Waals surface area (Å²) in [5.41, 5.74) is -0.461. The number of aromatic nitrogens is 1. The maximum Gasteiger partial charge on any atom is 0.329 e. The molecule has 0 aromatic carbocycles. The largest absolute Gasteiger partial charge is 0.480 e. The highest BCUT2D eigenvalue weighted by Gasteiger charge is 2.45. The van der Waals surface area contributed by atoms with Crippen molar-refractivity contribution < 1.29 is 19.1 Å². The van der Waals surface area contributed by atoms with Crippen molar-refractivity contribution in [3.63, 3.8) is 0 Å². The third-order valence-electron chi connectivity index (χ3n) is 4.24. The van der Waals surface area contributed by atoms with Gasteiger partial charge in [-0.2, -0.15) is 0 Å². The van der Waals surface area contributed by atoms with Gasteiger partial charge in [-0.05, 0) is 38.8 Å². The lowest BCUT2D eigenvalue weighted by Crippen LogP contribution is -2.51. The molecule has 1 aliphatic rings. The average Bonchev–Trinajstić information content (AvgIpc) is 3.19. The summed E-state index contributed by atoms with van der Waals surface area (Å²) >= 11 is 1.41. The van der Waals surface area contributed by atoms with Crippen LogP contribution in [0, 0.1) is 6.92 Å². The highest BCUT2D eigenvalue weighted by atomic mass is 32.1. The second-order valence-electron chi connectivity index (χ2n) is 5.96. The Labute approximate surface area is 137 Å². The van der Waals surface area contributed by atoms with Crippen molar-refractivity contribution in [1.82, 2.24) is 9.88 Å². The van der Waals surface area contributed by atoms with Gasteiger partial charge in [0.05, 0.1) is 12.1 Å². The predicted molar refractivity (Wildman–Crippen MR) is 85.2 cm³/mol. The molecule has 6 nitrogen and oxygen atoms in total. The standard InChI is InChI=1S/C16H18N2O4S/c1-10-4-5-12(22-10)14-17-11(9-23-14)8-13(19)18-7-3-6-16(18,2)15(20)21/h4-5,9H,3,6-8H2,1-2H3,(H,20,21). The number of rotatable bonds is 4. The van der Waals surface area contributed by atoms with Crippen LogP contribution in [-0.4, -0.2) is 39.0 Å². The molecule has 2 aromatic heterocycles. The lowest BCUT2D eigenvalue weighted by atomic mass is 9.99. The number of carbonyl (C=O) groups is 2. The third-order valence-corrected chi connectivity index (χ3v) is 5.14. The predicted octanol–water partition coefficient (Wildman–Crippen LogP) is 2.72. The first-order valence-electron chi connectivity index (χ1n) is 7.45. The van der Waals surface area contributed by atoms with E-state index in [0.717, 1.165) is 10.8 Å². The topological polar surface area (TPSA) is 83.6 Å². The number of amides is 1. The van der Waals surface area contributed by atoms with Crippen molar-refractivity contribution in [1.29, 1.82) is 0 Å². The summed E-state index contributed by atoms with van der Waals surface area (Å²) in [5.74, 6) is 0.345. The van der Waals surface area contributed by atoms with E-state index in [1.54, 1.807) is 6.92 Å². The molecule has 1 fully saturated rings. The van der Waals surface area contributed by atoms with Gasteiger partial charge < -0.3 is 14.4 Å². The van der Waals surface area contributed by atoms with Crippen LogP contribution in [0.2, 0.25) is 0 Å². The molecule has 0 saturated carbocycles. The average molecular weight is 334 g/mol. The SMILES string of the molecule is Cc1ccc(-c2nc(CC(=O)N3CCCC3(C)C(=O)O)cs2)o1. The van der Waals surface area contributed by atoms with E-state index in [0.29, 0.717) is 30.8 Å². The second-order valence-corrected chi connectivity index (χ2v) is 6.82. The highest BCUT2D eigenvalue weighted by Crippen LogP contribution is 2.31. The molecule has 1 saturated heterocycles. The van der Waals surface area contributed by atoms with Crippen molar-refractivity contribution in [2.24, 2.45) is 0 Å². The third kappa shape index (κ3) is 2.88. The van der Waals surface area contributed by atoms with Crippen molar-refractivity contribution in [2.45, 2.75) is 38.6 Å². The van der Waals surface area contributed by atoms with E-state index >= 15 is 0 Å². The Balaban J connectivity index is 1.74. The van der Waals surface area contributed by atoms with Gasteiger partial charge in [0.1, 0.15) is 11.3 Å². The zero-order chi connectivity index (χ0) is 16.6. The molecule has 0 spiro atoms. The number of carboxylic acid groups (broad SMARTS) is 1. The zero-order valence-electron chi connectivity index (χ0n) is 13.0. The van der Waals surface area contributed by atoms with E-state index in [-0.39, 0.29) is 12.3 Å². The Bertz CT molecular complexity index is 751. The first-order valence-corrected chi connectivity index (χ1v) is 8.33. The molecule has 0 radical (unpaired) electrons. The van der Waals surface area contributed by atoms with E-state index in [1.807, 2.05) is 24.4 Å². The molecule has 1 N–H and O–H groups in total. The molecular formula is C16H18N2O4S. The molecule has 1 atom stereocenters. The summed E-state index contributed by atoms with van der Waals surface area (Å²) in [6.07, 6.45) is 1.31. The van der Waals surface area contributed by atoms with E-state index < -0.39 is 11.5 Å². The number of furan rings is 1. The number of aliphatic carboxylic acids is 1. The van der Waals surface area contributed by atoms with Crippen molar-refractivity contribution in [3.05, 3.63) is 29.0 Å². The van der Waals surface area contributed by atoms with Crippen molar-refractivity contribution >= 4 is 23.2 Å². The molecule has 3 rings (SSSR count). The smallest absolute Gasteiger partial charge is 0.329 e. The summed E-state index contributed by atoms with van der Waals surface area (Å²) in [6, 6.07) is 3.71. The van der Waals surface area contributed by atoms with Crippen LogP contribution in [0.4, 0.5) is 0 Å². The molecule has 1 amide bonds. The number of aryl methyl sites for hydroxylation is 1. The molecule has 23 heavy (non-hydrogen) atoms. The number of nitrogens with zero attached hydrogens (tertiary/aromatic N) is 2. The van der Waals surface area contributed by atoms with Crippen LogP contribution < -0.4 is 0 Å². The van der Waals surface area contributed by atoms with E-state index in [2.05, 4.69) is 4.98 Å². The Morgan fingerprint density at radius 2 is 2.26 bits per heavy atom. The Kier molecular flexibility index (Phi) is 3.97. The minimum Gasteiger partial charge on any atom is -0.480 e. The molecule has 1 aliphatic heterocycles. The maximum atomic E-state index is 12.5. The fraction of sp³-hybridized carbons (Fsp3) is 0.438. The molecule has 7 heteroatoms. The fourth-order valence-electron chi connectivity index (χ4n) is 2.89. The van der Waals surface area contributed by atoms with Crippen LogP contribution in [0.3, 0.4) is 0 Å². The van der Waals surface area contributed by atoms with Crippen LogP contribution in [-0.2, 0) is 16.0 Å². The molecule has 122 valence electrons. The van der Waals surface area contributed by atoms with E-state index in [4.69, 9.17) is 4.42 Å². The van der Waals surface area contributed by atoms with Gasteiger partial charge >= 0.3 is 5.97 Å². The van der Waals surface area contributed by atoms with Gasteiger partial charge in [-0.1, -0.05) is 0 Å². The Hall–Kier alpha value is -2.15. The minimum atomic E-state index is -1.10. The van der Waals surface area contributed by atoms with Gasteiger partial charge in [0, 0.05) is 11.9 Å². The minimum absolute atomic E-state index is 0.110. The van der Waals surface area contributed by atoms with E-state index in [1.165, 1.54) is 16.2 Å². The summed E-state index contributed by atoms with van der Waals surface area (Å²) in [7, 11) is 0. The van der Waals surface area contributed by atoms with Gasteiger partial charge in [0.15, 0.2) is 10.8 Å². The monoisotopic (exact) mass is 334 g/mol. The fourth-order valence-corrected chi connectivity index (χ4v) is 3.67. The van der Waals surface area contributed by atoms with E-state index in [9.17, 15) is 14.7 Å². The van der Waals surface area contributed by atoms with Crippen LogP contribution in [0.25, 0.3) is 10.8 Å². The first kappa shape index (κ1) is 15.7.